The van der Waals surface area contributed by atoms with Gasteiger partial charge in [0, 0.05) is 37.8 Å². The summed E-state index contributed by atoms with van der Waals surface area (Å²) in [5.41, 5.74) is 0. The standard InChI is InChI=1S/C13H25N3/c1-11-10-14-5-8-16(11)13-4-7-15-6-2-3-12(15)9-13/h11-14H,2-10H2,1H3. The Labute approximate surface area is 99.2 Å². The summed E-state index contributed by atoms with van der Waals surface area (Å²) in [5.74, 6) is 0. The first-order valence-corrected chi connectivity index (χ1v) is 7.05. The molecule has 16 heavy (non-hydrogen) atoms. The van der Waals surface area contributed by atoms with Gasteiger partial charge in [0.25, 0.3) is 0 Å². The molecule has 92 valence electrons. The van der Waals surface area contributed by atoms with Crippen LogP contribution >= 0.6 is 0 Å². The van der Waals surface area contributed by atoms with E-state index in [0.29, 0.717) is 0 Å². The van der Waals surface area contributed by atoms with Gasteiger partial charge in [-0.15, -0.1) is 0 Å². The molecule has 0 spiro atoms. The summed E-state index contributed by atoms with van der Waals surface area (Å²) in [7, 11) is 0. The highest BCUT2D eigenvalue weighted by Gasteiger charge is 2.35. The van der Waals surface area contributed by atoms with Gasteiger partial charge in [0.1, 0.15) is 0 Å². The molecule has 3 aliphatic heterocycles. The second-order valence-corrected chi connectivity index (χ2v) is 5.80. The average molecular weight is 223 g/mol. The summed E-state index contributed by atoms with van der Waals surface area (Å²) in [4.78, 5) is 5.50. The summed E-state index contributed by atoms with van der Waals surface area (Å²) < 4.78 is 0. The third kappa shape index (κ3) is 2.01. The molecule has 0 aromatic heterocycles. The van der Waals surface area contributed by atoms with Crippen LogP contribution in [0.1, 0.15) is 32.6 Å². The molecular weight excluding hydrogens is 198 g/mol. The molecule has 0 aromatic carbocycles. The Bertz CT molecular complexity index is 243. The van der Waals surface area contributed by atoms with E-state index in [2.05, 4.69) is 22.0 Å². The van der Waals surface area contributed by atoms with E-state index in [1.54, 1.807) is 0 Å². The van der Waals surface area contributed by atoms with Gasteiger partial charge in [-0.2, -0.15) is 0 Å². The molecule has 3 atom stereocenters. The first kappa shape index (κ1) is 11.0. The number of piperidine rings is 1. The van der Waals surface area contributed by atoms with E-state index in [0.717, 1.165) is 18.1 Å². The van der Waals surface area contributed by atoms with E-state index in [-0.39, 0.29) is 0 Å². The molecule has 3 rings (SSSR count). The first-order valence-electron chi connectivity index (χ1n) is 7.05. The smallest absolute Gasteiger partial charge is 0.0195 e. The van der Waals surface area contributed by atoms with E-state index in [1.807, 2.05) is 0 Å². The van der Waals surface area contributed by atoms with Gasteiger partial charge in [0.15, 0.2) is 0 Å². The van der Waals surface area contributed by atoms with Crippen molar-refractivity contribution in [3.63, 3.8) is 0 Å². The fourth-order valence-corrected chi connectivity index (χ4v) is 3.90. The summed E-state index contributed by atoms with van der Waals surface area (Å²) in [5, 5.41) is 3.50. The lowest BCUT2D eigenvalue weighted by Crippen LogP contribution is -2.57. The van der Waals surface area contributed by atoms with Crippen LogP contribution in [0.25, 0.3) is 0 Å². The van der Waals surface area contributed by atoms with E-state index < -0.39 is 0 Å². The fraction of sp³-hybridized carbons (Fsp3) is 1.00. The minimum absolute atomic E-state index is 0.742. The van der Waals surface area contributed by atoms with Crippen molar-refractivity contribution in [3.8, 4) is 0 Å². The Kier molecular flexibility index (Phi) is 3.18. The summed E-state index contributed by atoms with van der Waals surface area (Å²) in [6, 6.07) is 2.53. The molecule has 3 nitrogen and oxygen atoms in total. The van der Waals surface area contributed by atoms with Gasteiger partial charge in [-0.25, -0.2) is 0 Å². The molecule has 3 heteroatoms. The number of rotatable bonds is 1. The molecule has 0 radical (unpaired) electrons. The van der Waals surface area contributed by atoms with Gasteiger partial charge in [-0.05, 0) is 45.7 Å². The maximum absolute atomic E-state index is 3.50. The van der Waals surface area contributed by atoms with Gasteiger partial charge in [-0.1, -0.05) is 0 Å². The van der Waals surface area contributed by atoms with Crippen LogP contribution in [-0.2, 0) is 0 Å². The summed E-state index contributed by atoms with van der Waals surface area (Å²) in [6.07, 6.45) is 5.73. The molecule has 3 unspecified atom stereocenters. The topological polar surface area (TPSA) is 18.5 Å². The lowest BCUT2D eigenvalue weighted by Gasteiger charge is -2.45. The zero-order valence-electron chi connectivity index (χ0n) is 10.5. The van der Waals surface area contributed by atoms with Crippen molar-refractivity contribution in [1.82, 2.24) is 15.1 Å². The third-order valence-electron chi connectivity index (χ3n) is 4.81. The number of nitrogens with one attached hydrogen (secondary N) is 1. The molecule has 0 aromatic rings. The van der Waals surface area contributed by atoms with Crippen LogP contribution in [0.5, 0.6) is 0 Å². The number of fused-ring (bicyclic) bond motifs is 1. The molecule has 0 saturated carbocycles. The van der Waals surface area contributed by atoms with Crippen molar-refractivity contribution < 1.29 is 0 Å². The second-order valence-electron chi connectivity index (χ2n) is 5.80. The Balaban J connectivity index is 1.62. The van der Waals surface area contributed by atoms with Crippen LogP contribution in [0.2, 0.25) is 0 Å². The average Bonchev–Trinajstić information content (AvgIpc) is 2.76. The van der Waals surface area contributed by atoms with Gasteiger partial charge >= 0.3 is 0 Å². The van der Waals surface area contributed by atoms with Crippen molar-refractivity contribution in [2.24, 2.45) is 0 Å². The highest BCUT2D eigenvalue weighted by Crippen LogP contribution is 2.30. The summed E-state index contributed by atoms with van der Waals surface area (Å²) >= 11 is 0. The highest BCUT2D eigenvalue weighted by atomic mass is 15.3. The van der Waals surface area contributed by atoms with Crippen LogP contribution in [0.15, 0.2) is 0 Å². The van der Waals surface area contributed by atoms with E-state index >= 15 is 0 Å². The highest BCUT2D eigenvalue weighted by molar-refractivity contribution is 4.92. The van der Waals surface area contributed by atoms with Crippen LogP contribution in [-0.4, -0.2) is 60.6 Å². The van der Waals surface area contributed by atoms with E-state index in [9.17, 15) is 0 Å². The van der Waals surface area contributed by atoms with Gasteiger partial charge in [-0.3, -0.25) is 4.90 Å². The largest absolute Gasteiger partial charge is 0.314 e. The van der Waals surface area contributed by atoms with Gasteiger partial charge in [0.05, 0.1) is 0 Å². The van der Waals surface area contributed by atoms with Crippen molar-refractivity contribution in [1.29, 1.82) is 0 Å². The monoisotopic (exact) mass is 223 g/mol. The molecular formula is C13H25N3. The lowest BCUT2D eigenvalue weighted by atomic mass is 9.94. The molecule has 3 aliphatic rings. The molecule has 0 amide bonds. The van der Waals surface area contributed by atoms with E-state index in [1.165, 1.54) is 58.4 Å². The lowest BCUT2D eigenvalue weighted by molar-refractivity contribution is 0.0503. The molecule has 3 fully saturated rings. The predicted octanol–water partition coefficient (Wildman–Crippen LogP) is 0.907. The molecule has 1 N–H and O–H groups in total. The zero-order valence-corrected chi connectivity index (χ0v) is 10.5. The maximum atomic E-state index is 3.50. The Morgan fingerprint density at radius 2 is 2.00 bits per heavy atom. The SMILES string of the molecule is CC1CNCCN1C1CCN2CCCC2C1. The number of nitrogens with zero attached hydrogens (tertiary/aromatic N) is 2. The minimum atomic E-state index is 0.742. The van der Waals surface area contributed by atoms with Crippen LogP contribution < -0.4 is 5.32 Å². The van der Waals surface area contributed by atoms with Gasteiger partial charge < -0.3 is 10.2 Å². The maximum Gasteiger partial charge on any atom is 0.0195 e. The number of piperazine rings is 1. The molecule has 0 bridgehead atoms. The van der Waals surface area contributed by atoms with Crippen molar-refractivity contribution in [2.45, 2.75) is 50.7 Å². The Morgan fingerprint density at radius 3 is 2.88 bits per heavy atom. The first-order chi connectivity index (χ1) is 7.84. The van der Waals surface area contributed by atoms with Crippen LogP contribution in [0.3, 0.4) is 0 Å². The zero-order chi connectivity index (χ0) is 11.0. The Morgan fingerprint density at radius 1 is 1.06 bits per heavy atom. The molecule has 3 heterocycles. The van der Waals surface area contributed by atoms with Crippen LogP contribution in [0.4, 0.5) is 0 Å². The molecule has 3 saturated heterocycles. The van der Waals surface area contributed by atoms with Crippen molar-refractivity contribution in [3.05, 3.63) is 0 Å². The van der Waals surface area contributed by atoms with Crippen molar-refractivity contribution >= 4 is 0 Å². The van der Waals surface area contributed by atoms with Crippen LogP contribution in [0, 0.1) is 0 Å². The third-order valence-corrected chi connectivity index (χ3v) is 4.81. The number of hydrogen-bond donors (Lipinski definition) is 1. The van der Waals surface area contributed by atoms with Crippen molar-refractivity contribution in [2.75, 3.05) is 32.7 Å². The normalized spacial score (nSPS) is 42.2. The summed E-state index contributed by atoms with van der Waals surface area (Å²) in [6.45, 7) is 8.74. The second kappa shape index (κ2) is 4.63. The minimum Gasteiger partial charge on any atom is -0.314 e. The fourth-order valence-electron chi connectivity index (χ4n) is 3.90. The quantitative estimate of drug-likeness (QED) is 0.713. The Hall–Kier alpha value is -0.120. The van der Waals surface area contributed by atoms with E-state index in [4.69, 9.17) is 0 Å². The molecule has 0 aliphatic carbocycles. The predicted molar refractivity (Wildman–Crippen MR) is 66.7 cm³/mol. The number of hydrogen-bond acceptors (Lipinski definition) is 3. The van der Waals surface area contributed by atoms with Gasteiger partial charge in [0.2, 0.25) is 0 Å².